The van der Waals surface area contributed by atoms with Gasteiger partial charge in [0.05, 0.1) is 0 Å². The van der Waals surface area contributed by atoms with Crippen molar-refractivity contribution in [3.05, 3.63) is 0 Å². The van der Waals surface area contributed by atoms with Gasteiger partial charge in [-0.1, -0.05) is 0 Å². The summed E-state index contributed by atoms with van der Waals surface area (Å²) in [6.07, 6.45) is 0. The van der Waals surface area contributed by atoms with Gasteiger partial charge in [-0.25, -0.2) is 0 Å². The highest BCUT2D eigenvalue weighted by atomic mass is 31.1. The van der Waals surface area contributed by atoms with Gasteiger partial charge >= 0.3 is 11.8 Å². The molecule has 0 N–H and O–H groups in total. The smallest absolute Gasteiger partial charge is 0.263 e. The van der Waals surface area contributed by atoms with Crippen LogP contribution in [0.1, 0.15) is 27.7 Å². The molecule has 0 amide bonds. The van der Waals surface area contributed by atoms with Crippen molar-refractivity contribution in [3.8, 4) is 0 Å². The fourth-order valence-corrected chi connectivity index (χ4v) is 3.20. The lowest BCUT2D eigenvalue weighted by molar-refractivity contribution is -0.0935. The minimum Gasteiger partial charge on any atom is -0.263 e. The van der Waals surface area contributed by atoms with Crippen LogP contribution in [0.25, 0.3) is 0 Å². The molecular weight excluding hydrogens is 255 g/mol. The Morgan fingerprint density at radius 2 is 1.00 bits per heavy atom. The van der Waals surface area contributed by atoms with E-state index in [0.29, 0.717) is 4.67 Å². The van der Waals surface area contributed by atoms with E-state index in [1.165, 1.54) is 27.7 Å². The van der Waals surface area contributed by atoms with Crippen LogP contribution in [0.5, 0.6) is 0 Å². The van der Waals surface area contributed by atoms with Crippen molar-refractivity contribution in [2.24, 2.45) is 0 Å². The van der Waals surface area contributed by atoms with Crippen molar-refractivity contribution in [3.63, 3.8) is 0 Å². The van der Waals surface area contributed by atoms with Crippen LogP contribution < -0.4 is 0 Å². The van der Waals surface area contributed by atoms with Gasteiger partial charge in [0.1, 0.15) is 0 Å². The molecule has 98 valence electrons. The zero-order chi connectivity index (χ0) is 13.3. The summed E-state index contributed by atoms with van der Waals surface area (Å²) in [5, 5.41) is 0. The normalized spacial score (nSPS) is 14.6. The monoisotopic (exact) mass is 269 g/mol. The highest BCUT2D eigenvalue weighted by Crippen LogP contribution is 2.67. The molecule has 8 heteroatoms. The highest BCUT2D eigenvalue weighted by Gasteiger charge is 2.61. The van der Waals surface area contributed by atoms with E-state index in [9.17, 15) is 26.3 Å². The van der Waals surface area contributed by atoms with Crippen LogP contribution in [-0.4, -0.2) is 28.6 Å². The second kappa shape index (κ2) is 5.08. The molecule has 0 heterocycles. The SMILES string of the molecule is CC(C)N(C(C)C)P(C(F)(F)F)C(F)(F)F. The number of hydrogen-bond donors (Lipinski definition) is 0. The third kappa shape index (κ3) is 4.09. The fraction of sp³-hybridized carbons (Fsp3) is 1.00. The number of hydrogen-bond acceptors (Lipinski definition) is 1. The Morgan fingerprint density at radius 1 is 0.750 bits per heavy atom. The fourth-order valence-electron chi connectivity index (χ4n) is 1.46. The molecule has 0 radical (unpaired) electrons. The van der Waals surface area contributed by atoms with Crippen LogP contribution >= 0.6 is 8.07 Å². The van der Waals surface area contributed by atoms with Crippen LogP contribution in [-0.2, 0) is 0 Å². The van der Waals surface area contributed by atoms with E-state index in [0.717, 1.165) is 0 Å². The minimum absolute atomic E-state index is 0.481. The van der Waals surface area contributed by atoms with Crippen molar-refractivity contribution in [1.29, 1.82) is 0 Å². The molecule has 0 saturated heterocycles. The van der Waals surface area contributed by atoms with Crippen molar-refractivity contribution in [1.82, 2.24) is 4.67 Å². The summed E-state index contributed by atoms with van der Waals surface area (Å²) in [5.74, 6) is -10.5. The summed E-state index contributed by atoms with van der Waals surface area (Å²) in [6.45, 7) is 5.30. The van der Waals surface area contributed by atoms with Crippen molar-refractivity contribution >= 4 is 8.07 Å². The molecule has 0 unspecified atom stereocenters. The molecule has 0 atom stereocenters. The predicted octanol–water partition coefficient (Wildman–Crippen LogP) is 4.54. The number of nitrogens with zero attached hydrogens (tertiary/aromatic N) is 1. The van der Waals surface area contributed by atoms with Crippen molar-refractivity contribution in [2.75, 3.05) is 0 Å². The molecule has 0 rings (SSSR count). The van der Waals surface area contributed by atoms with Crippen LogP contribution in [0, 0.1) is 0 Å². The van der Waals surface area contributed by atoms with Gasteiger partial charge in [0.25, 0.3) is 0 Å². The lowest BCUT2D eigenvalue weighted by Crippen LogP contribution is -2.40. The molecule has 0 aromatic carbocycles. The highest BCUT2D eigenvalue weighted by molar-refractivity contribution is 7.57. The first kappa shape index (κ1) is 16.0. The maximum absolute atomic E-state index is 12.5. The first-order valence-corrected chi connectivity index (χ1v) is 5.90. The molecule has 16 heavy (non-hydrogen) atoms. The quantitative estimate of drug-likeness (QED) is 0.537. The molecule has 0 aliphatic heterocycles. The molecule has 1 nitrogen and oxygen atoms in total. The summed E-state index contributed by atoms with van der Waals surface area (Å²) in [6, 6.07) is -1.62. The summed E-state index contributed by atoms with van der Waals surface area (Å²) in [4.78, 5) is 0. The third-order valence-corrected chi connectivity index (χ3v) is 4.12. The van der Waals surface area contributed by atoms with Crippen LogP contribution in [0.15, 0.2) is 0 Å². The van der Waals surface area contributed by atoms with Gasteiger partial charge in [-0.2, -0.15) is 26.3 Å². The van der Waals surface area contributed by atoms with E-state index in [2.05, 4.69) is 0 Å². The Hall–Kier alpha value is -0.0300. The second-order valence-corrected chi connectivity index (χ2v) is 5.91. The predicted molar refractivity (Wildman–Crippen MR) is 51.1 cm³/mol. The molecule has 0 aliphatic carbocycles. The van der Waals surface area contributed by atoms with Gasteiger partial charge in [0.2, 0.25) is 0 Å². The number of alkyl halides is 6. The molecule has 0 aromatic rings. The van der Waals surface area contributed by atoms with Gasteiger partial charge in [-0.05, 0) is 27.7 Å². The molecule has 0 bridgehead atoms. The summed E-state index contributed by atoms with van der Waals surface area (Å²) < 4.78 is 75.2. The zero-order valence-corrected chi connectivity index (χ0v) is 10.2. The van der Waals surface area contributed by atoms with Gasteiger partial charge in [-0.15, -0.1) is 0 Å². The summed E-state index contributed by atoms with van der Waals surface area (Å²) >= 11 is 0. The summed E-state index contributed by atoms with van der Waals surface area (Å²) in [7, 11) is -4.15. The standard InChI is InChI=1S/C8H14F6NP/c1-5(2)15(6(3)4)16(7(9,10)11)8(12,13)14/h5-6H,1-4H3. The number of halogens is 6. The Bertz CT molecular complexity index is 200. The van der Waals surface area contributed by atoms with E-state index >= 15 is 0 Å². The van der Waals surface area contributed by atoms with E-state index < -0.39 is 32.0 Å². The maximum atomic E-state index is 12.5. The Balaban J connectivity index is 5.32. The van der Waals surface area contributed by atoms with E-state index in [1.54, 1.807) is 0 Å². The van der Waals surface area contributed by atoms with E-state index in [1.807, 2.05) is 0 Å². The maximum Gasteiger partial charge on any atom is 0.427 e. The minimum atomic E-state index is -5.25. The molecule has 0 saturated carbocycles. The van der Waals surface area contributed by atoms with Crippen LogP contribution in [0.4, 0.5) is 26.3 Å². The molecule has 0 aliphatic rings. The van der Waals surface area contributed by atoms with Crippen molar-refractivity contribution < 1.29 is 26.3 Å². The second-order valence-electron chi connectivity index (χ2n) is 3.81. The summed E-state index contributed by atoms with van der Waals surface area (Å²) in [5.41, 5.74) is 0. The topological polar surface area (TPSA) is 3.24 Å². The zero-order valence-electron chi connectivity index (χ0n) is 9.32. The first-order valence-electron chi connectivity index (χ1n) is 4.61. The lowest BCUT2D eigenvalue weighted by Gasteiger charge is -2.39. The average Bonchev–Trinajstić information content (AvgIpc) is 1.93. The van der Waals surface area contributed by atoms with Crippen LogP contribution in [0.3, 0.4) is 0 Å². The van der Waals surface area contributed by atoms with Crippen molar-refractivity contribution in [2.45, 2.75) is 51.6 Å². The first-order chi connectivity index (χ1) is 6.89. The Morgan fingerprint density at radius 3 is 1.06 bits per heavy atom. The molecule has 0 fully saturated rings. The average molecular weight is 269 g/mol. The largest absolute Gasteiger partial charge is 0.427 e. The van der Waals surface area contributed by atoms with E-state index in [-0.39, 0.29) is 0 Å². The lowest BCUT2D eigenvalue weighted by atomic mass is 10.3. The van der Waals surface area contributed by atoms with Gasteiger partial charge in [0.15, 0.2) is 8.07 Å². The van der Waals surface area contributed by atoms with Gasteiger partial charge in [0, 0.05) is 12.1 Å². The van der Waals surface area contributed by atoms with Gasteiger partial charge in [-0.3, -0.25) is 4.67 Å². The molecule has 0 spiro atoms. The third-order valence-electron chi connectivity index (χ3n) is 1.77. The Labute approximate surface area is 91.6 Å². The Kier molecular flexibility index (Phi) is 5.08. The van der Waals surface area contributed by atoms with Gasteiger partial charge < -0.3 is 0 Å². The van der Waals surface area contributed by atoms with E-state index in [4.69, 9.17) is 0 Å². The van der Waals surface area contributed by atoms with Crippen LogP contribution in [0.2, 0.25) is 0 Å². The number of rotatable bonds is 3. The molecular formula is C8H14F6NP. The molecule has 0 aromatic heterocycles.